The molecule has 1 N–H and O–H groups in total. The summed E-state index contributed by atoms with van der Waals surface area (Å²) in [6, 6.07) is 6.09. The van der Waals surface area contributed by atoms with Crippen molar-refractivity contribution >= 4 is 17.7 Å². The number of amides is 3. The number of rotatable bonds is 7. The number of benzene rings is 1. The van der Waals surface area contributed by atoms with Gasteiger partial charge in [0.05, 0.1) is 6.04 Å². The van der Waals surface area contributed by atoms with Gasteiger partial charge < -0.3 is 10.2 Å². The molecule has 0 radical (unpaired) electrons. The number of halogens is 1. The van der Waals surface area contributed by atoms with E-state index in [9.17, 15) is 18.8 Å². The Bertz CT molecular complexity index is 617. The monoisotopic (exact) mass is 335 g/mol. The van der Waals surface area contributed by atoms with Gasteiger partial charge in [-0.3, -0.25) is 19.3 Å². The molecule has 1 saturated heterocycles. The van der Waals surface area contributed by atoms with Crippen molar-refractivity contribution in [2.45, 2.75) is 25.3 Å². The summed E-state index contributed by atoms with van der Waals surface area (Å²) < 4.78 is 13.4. The molecule has 1 atom stereocenters. The lowest BCUT2D eigenvalue weighted by Crippen LogP contribution is -2.37. The molecule has 0 aromatic heterocycles. The molecule has 1 aromatic carbocycles. The molecule has 1 fully saturated rings. The number of nitrogens with zero attached hydrogens (tertiary/aromatic N) is 2. The summed E-state index contributed by atoms with van der Waals surface area (Å²) in [6.07, 6.45) is 0.520. The van der Waals surface area contributed by atoms with Crippen LogP contribution in [0, 0.1) is 5.82 Å². The molecule has 0 spiro atoms. The average molecular weight is 335 g/mol. The fourth-order valence-electron chi connectivity index (χ4n) is 2.70. The Kier molecular flexibility index (Phi) is 6.03. The molecule has 1 heterocycles. The largest absolute Gasteiger partial charge is 0.354 e. The van der Waals surface area contributed by atoms with E-state index in [1.165, 1.54) is 12.1 Å². The Morgan fingerprint density at radius 3 is 2.54 bits per heavy atom. The number of nitrogens with one attached hydrogen (secondary N) is 1. The summed E-state index contributed by atoms with van der Waals surface area (Å²) in [5.41, 5.74) is 0.769. The van der Waals surface area contributed by atoms with Crippen LogP contribution in [-0.4, -0.2) is 54.7 Å². The van der Waals surface area contributed by atoms with Crippen LogP contribution >= 0.6 is 0 Å². The fourth-order valence-corrected chi connectivity index (χ4v) is 2.70. The van der Waals surface area contributed by atoms with Gasteiger partial charge in [-0.1, -0.05) is 12.1 Å². The second-order valence-corrected chi connectivity index (χ2v) is 6.03. The van der Waals surface area contributed by atoms with Crippen LogP contribution in [0.4, 0.5) is 4.39 Å². The molecular weight excluding hydrogens is 313 g/mol. The number of carbonyl (C=O) groups excluding carboxylic acids is 3. The minimum absolute atomic E-state index is 0.0702. The summed E-state index contributed by atoms with van der Waals surface area (Å²) in [5.74, 6) is -1.01. The topological polar surface area (TPSA) is 69.7 Å². The van der Waals surface area contributed by atoms with Gasteiger partial charge in [-0.2, -0.15) is 0 Å². The molecule has 1 aromatic rings. The second-order valence-electron chi connectivity index (χ2n) is 6.03. The molecule has 0 saturated carbocycles. The first-order valence-electron chi connectivity index (χ1n) is 7.90. The van der Waals surface area contributed by atoms with E-state index in [1.54, 1.807) is 6.07 Å². The van der Waals surface area contributed by atoms with Crippen LogP contribution < -0.4 is 5.32 Å². The molecule has 0 aliphatic carbocycles. The minimum Gasteiger partial charge on any atom is -0.354 e. The first-order valence-corrected chi connectivity index (χ1v) is 7.90. The number of hydrogen-bond acceptors (Lipinski definition) is 4. The van der Waals surface area contributed by atoms with Crippen molar-refractivity contribution < 1.29 is 18.8 Å². The third kappa shape index (κ3) is 4.61. The van der Waals surface area contributed by atoms with Gasteiger partial charge in [0, 0.05) is 32.4 Å². The third-order valence-corrected chi connectivity index (χ3v) is 4.07. The van der Waals surface area contributed by atoms with Crippen LogP contribution in [-0.2, 0) is 14.4 Å². The van der Waals surface area contributed by atoms with Gasteiger partial charge in [0.2, 0.25) is 17.7 Å². The summed E-state index contributed by atoms with van der Waals surface area (Å²) in [5, 5.41) is 2.78. The van der Waals surface area contributed by atoms with Crippen molar-refractivity contribution in [3.8, 4) is 0 Å². The zero-order valence-electron chi connectivity index (χ0n) is 13.9. The Morgan fingerprint density at radius 2 is 1.96 bits per heavy atom. The number of likely N-dealkylation sites (N-methyl/N-ethyl adjacent to an activating group) is 1. The highest BCUT2D eigenvalue weighted by Gasteiger charge is 2.28. The van der Waals surface area contributed by atoms with E-state index in [-0.39, 0.29) is 55.4 Å². The van der Waals surface area contributed by atoms with Crippen LogP contribution in [0.1, 0.15) is 30.9 Å². The van der Waals surface area contributed by atoms with Crippen LogP contribution in [0.2, 0.25) is 0 Å². The first-order chi connectivity index (χ1) is 11.4. The number of likely N-dealkylation sites (tertiary alicyclic amines) is 1. The van der Waals surface area contributed by atoms with Gasteiger partial charge in [-0.15, -0.1) is 0 Å². The van der Waals surface area contributed by atoms with Gasteiger partial charge in [-0.05, 0) is 31.8 Å². The molecule has 2 rings (SSSR count). The maximum Gasteiger partial charge on any atom is 0.229 e. The Labute approximate surface area is 140 Å². The number of imide groups is 1. The normalized spacial score (nSPS) is 15.9. The molecular formula is C17H22FN3O3. The molecule has 0 bridgehead atoms. The van der Waals surface area contributed by atoms with E-state index >= 15 is 0 Å². The molecule has 1 aliphatic heterocycles. The van der Waals surface area contributed by atoms with Crippen molar-refractivity contribution in [2.24, 2.45) is 0 Å². The quantitative estimate of drug-likeness (QED) is 0.757. The van der Waals surface area contributed by atoms with Crippen LogP contribution in [0.5, 0.6) is 0 Å². The van der Waals surface area contributed by atoms with Crippen LogP contribution in [0.3, 0.4) is 0 Å². The van der Waals surface area contributed by atoms with Gasteiger partial charge in [0.15, 0.2) is 0 Å². The number of hydrogen-bond donors (Lipinski definition) is 1. The summed E-state index contributed by atoms with van der Waals surface area (Å²) >= 11 is 0. The van der Waals surface area contributed by atoms with Gasteiger partial charge in [0.25, 0.3) is 0 Å². The molecule has 1 aliphatic rings. The van der Waals surface area contributed by atoms with Crippen molar-refractivity contribution in [1.29, 1.82) is 0 Å². The maximum atomic E-state index is 13.4. The van der Waals surface area contributed by atoms with Crippen molar-refractivity contribution in [3.05, 3.63) is 35.6 Å². The molecule has 3 amide bonds. The van der Waals surface area contributed by atoms with Crippen molar-refractivity contribution in [1.82, 2.24) is 15.1 Å². The third-order valence-electron chi connectivity index (χ3n) is 4.07. The maximum absolute atomic E-state index is 13.4. The SMILES string of the molecule is CN(C)[C@H](CNC(=O)CCN1C(=O)CCC1=O)c1cccc(F)c1. The standard InChI is InChI=1S/C17H22FN3O3/c1-20(2)14(12-4-3-5-13(18)10-12)11-19-15(22)8-9-21-16(23)6-7-17(21)24/h3-5,10,14H,6-9,11H2,1-2H3,(H,19,22)/t14-/m1/s1. The Morgan fingerprint density at radius 1 is 1.29 bits per heavy atom. The van der Waals surface area contributed by atoms with Crippen molar-refractivity contribution in [3.63, 3.8) is 0 Å². The highest BCUT2D eigenvalue weighted by Crippen LogP contribution is 2.18. The minimum atomic E-state index is -0.322. The Hall–Kier alpha value is -2.28. The van der Waals surface area contributed by atoms with Crippen molar-refractivity contribution in [2.75, 3.05) is 27.2 Å². The van der Waals surface area contributed by atoms with E-state index in [2.05, 4.69) is 5.32 Å². The lowest BCUT2D eigenvalue weighted by molar-refractivity contribution is -0.138. The highest BCUT2D eigenvalue weighted by atomic mass is 19.1. The Balaban J connectivity index is 1.86. The summed E-state index contributed by atoms with van der Waals surface area (Å²) in [7, 11) is 3.70. The molecule has 0 unspecified atom stereocenters. The predicted molar refractivity (Wildman–Crippen MR) is 86.4 cm³/mol. The molecule has 7 heteroatoms. The first kappa shape index (κ1) is 18.1. The summed E-state index contributed by atoms with van der Waals surface area (Å²) in [4.78, 5) is 38.0. The predicted octanol–water partition coefficient (Wildman–Crippen LogP) is 1.08. The zero-order chi connectivity index (χ0) is 17.7. The van der Waals surface area contributed by atoms with E-state index in [1.807, 2.05) is 25.1 Å². The van der Waals surface area contributed by atoms with E-state index in [0.717, 1.165) is 10.5 Å². The summed E-state index contributed by atoms with van der Waals surface area (Å²) in [6.45, 7) is 0.424. The van der Waals surface area contributed by atoms with Gasteiger partial charge >= 0.3 is 0 Å². The molecule has 24 heavy (non-hydrogen) atoms. The average Bonchev–Trinajstić information content (AvgIpc) is 2.84. The highest BCUT2D eigenvalue weighted by molar-refractivity contribution is 6.02. The molecule has 6 nitrogen and oxygen atoms in total. The van der Waals surface area contributed by atoms with Gasteiger partial charge in [-0.25, -0.2) is 4.39 Å². The van der Waals surface area contributed by atoms with E-state index < -0.39 is 0 Å². The van der Waals surface area contributed by atoms with Crippen LogP contribution in [0.25, 0.3) is 0 Å². The lowest BCUT2D eigenvalue weighted by Gasteiger charge is -2.25. The zero-order valence-corrected chi connectivity index (χ0v) is 13.9. The lowest BCUT2D eigenvalue weighted by atomic mass is 10.1. The number of carbonyl (C=O) groups is 3. The van der Waals surface area contributed by atoms with E-state index in [4.69, 9.17) is 0 Å². The smallest absolute Gasteiger partial charge is 0.229 e. The molecule has 130 valence electrons. The van der Waals surface area contributed by atoms with E-state index in [0.29, 0.717) is 6.54 Å². The van der Waals surface area contributed by atoms with Crippen LogP contribution in [0.15, 0.2) is 24.3 Å². The van der Waals surface area contributed by atoms with Gasteiger partial charge in [0.1, 0.15) is 5.82 Å². The fraction of sp³-hybridized carbons (Fsp3) is 0.471. The second kappa shape index (κ2) is 8.01.